The van der Waals surface area contributed by atoms with Gasteiger partial charge in [-0.25, -0.2) is 5.43 Å². The highest BCUT2D eigenvalue weighted by atomic mass is 35.5. The molecule has 1 atom stereocenters. The van der Waals surface area contributed by atoms with Crippen molar-refractivity contribution in [3.63, 3.8) is 0 Å². The Kier molecular flexibility index (Phi) is 2.35. The van der Waals surface area contributed by atoms with Crippen LogP contribution in [0.4, 0.5) is 5.69 Å². The van der Waals surface area contributed by atoms with E-state index in [1.165, 1.54) is 5.70 Å². The van der Waals surface area contributed by atoms with Crippen molar-refractivity contribution in [3.05, 3.63) is 53.3 Å². The lowest BCUT2D eigenvalue weighted by atomic mass is 10.1. The molecule has 16 heavy (non-hydrogen) atoms. The van der Waals surface area contributed by atoms with Crippen LogP contribution >= 0.6 is 11.6 Å². The van der Waals surface area contributed by atoms with E-state index in [2.05, 4.69) is 21.8 Å². The lowest BCUT2D eigenvalue weighted by molar-refractivity contribution is 0.688. The topological polar surface area (TPSA) is 27.3 Å². The van der Waals surface area contributed by atoms with E-state index in [1.807, 2.05) is 36.5 Å². The molecule has 0 amide bonds. The molecule has 1 fully saturated rings. The van der Waals surface area contributed by atoms with Crippen molar-refractivity contribution in [2.24, 2.45) is 0 Å². The predicted octanol–water partition coefficient (Wildman–Crippen LogP) is 2.03. The molecule has 0 aromatic heterocycles. The zero-order valence-corrected chi connectivity index (χ0v) is 9.41. The number of dihydropyridines is 1. The number of hydrazine groups is 1. The van der Waals surface area contributed by atoms with E-state index >= 15 is 0 Å². The van der Waals surface area contributed by atoms with Gasteiger partial charge in [0.05, 0.1) is 17.4 Å². The molecule has 0 radical (unpaired) electrons. The fourth-order valence-electron chi connectivity index (χ4n) is 2.02. The fraction of sp³-hybridized carbons (Fsp3) is 0.167. The highest BCUT2D eigenvalue weighted by Crippen LogP contribution is 2.25. The molecule has 1 unspecified atom stereocenters. The molecule has 0 aliphatic carbocycles. The van der Waals surface area contributed by atoms with E-state index in [0.29, 0.717) is 6.04 Å². The summed E-state index contributed by atoms with van der Waals surface area (Å²) in [6.07, 6.45) is 6.11. The van der Waals surface area contributed by atoms with Gasteiger partial charge in [0, 0.05) is 11.6 Å². The fourth-order valence-corrected chi connectivity index (χ4v) is 2.14. The highest BCUT2D eigenvalue weighted by molar-refractivity contribution is 6.30. The Labute approximate surface area is 99.4 Å². The van der Waals surface area contributed by atoms with E-state index in [1.54, 1.807) is 0 Å². The van der Waals surface area contributed by atoms with Crippen molar-refractivity contribution in [2.45, 2.75) is 6.04 Å². The van der Waals surface area contributed by atoms with Crippen molar-refractivity contribution in [1.29, 1.82) is 0 Å². The number of hydrogen-bond acceptors (Lipinski definition) is 3. The Morgan fingerprint density at radius 1 is 1.25 bits per heavy atom. The molecule has 0 saturated carbocycles. The van der Waals surface area contributed by atoms with Crippen molar-refractivity contribution in [1.82, 2.24) is 10.7 Å². The van der Waals surface area contributed by atoms with Crippen LogP contribution in [-0.2, 0) is 0 Å². The summed E-state index contributed by atoms with van der Waals surface area (Å²) in [4.78, 5) is 0. The summed E-state index contributed by atoms with van der Waals surface area (Å²) in [6, 6.07) is 8.19. The average Bonchev–Trinajstić information content (AvgIpc) is 2.74. The first-order valence-corrected chi connectivity index (χ1v) is 5.64. The van der Waals surface area contributed by atoms with Crippen LogP contribution in [0.3, 0.4) is 0 Å². The van der Waals surface area contributed by atoms with Gasteiger partial charge in [-0.3, -0.25) is 5.01 Å². The first-order valence-electron chi connectivity index (χ1n) is 5.26. The number of nitrogens with zero attached hydrogens (tertiary/aromatic N) is 1. The number of rotatable bonds is 1. The molecule has 1 aromatic rings. The first kappa shape index (κ1) is 9.75. The Bertz CT molecular complexity index is 450. The Balaban J connectivity index is 1.93. The maximum Gasteiger partial charge on any atom is 0.0818 e. The molecule has 2 aliphatic heterocycles. The van der Waals surface area contributed by atoms with E-state index in [9.17, 15) is 0 Å². The molecule has 4 heteroatoms. The van der Waals surface area contributed by atoms with E-state index in [4.69, 9.17) is 11.6 Å². The molecule has 2 aliphatic rings. The van der Waals surface area contributed by atoms with E-state index < -0.39 is 0 Å². The maximum atomic E-state index is 5.88. The monoisotopic (exact) mass is 233 g/mol. The van der Waals surface area contributed by atoms with Crippen LogP contribution in [0.15, 0.2) is 48.3 Å². The second kappa shape index (κ2) is 3.85. The minimum absolute atomic E-state index is 0.362. The summed E-state index contributed by atoms with van der Waals surface area (Å²) in [5, 5.41) is 6.17. The van der Waals surface area contributed by atoms with Crippen LogP contribution in [0.25, 0.3) is 0 Å². The summed E-state index contributed by atoms with van der Waals surface area (Å²) in [6.45, 7) is 0.902. The van der Waals surface area contributed by atoms with Gasteiger partial charge < -0.3 is 5.32 Å². The predicted molar refractivity (Wildman–Crippen MR) is 66.1 cm³/mol. The smallest absolute Gasteiger partial charge is 0.0818 e. The third-order valence-electron chi connectivity index (χ3n) is 2.81. The summed E-state index contributed by atoms with van der Waals surface area (Å²) in [5.41, 5.74) is 5.70. The number of allylic oxidation sites excluding steroid dienone is 2. The van der Waals surface area contributed by atoms with Gasteiger partial charge in [-0.1, -0.05) is 11.6 Å². The molecule has 3 rings (SSSR count). The Morgan fingerprint density at radius 3 is 2.88 bits per heavy atom. The third kappa shape index (κ3) is 1.58. The summed E-state index contributed by atoms with van der Waals surface area (Å²) < 4.78 is 0. The first-order chi connectivity index (χ1) is 7.84. The standard InChI is InChI=1S/C12H12ClN3/c13-9-3-5-10(6-4-9)16-12-2-1-7-14-11(12)8-15-16/h1-7,11,14-15H,8H2. The van der Waals surface area contributed by atoms with Gasteiger partial charge in [-0.15, -0.1) is 0 Å². The zero-order valence-electron chi connectivity index (χ0n) is 8.65. The van der Waals surface area contributed by atoms with Crippen molar-refractivity contribution in [3.8, 4) is 0 Å². The van der Waals surface area contributed by atoms with Crippen molar-refractivity contribution >= 4 is 17.3 Å². The lowest BCUT2D eigenvalue weighted by Gasteiger charge is -2.23. The van der Waals surface area contributed by atoms with Gasteiger partial charge in [0.1, 0.15) is 0 Å². The minimum atomic E-state index is 0.362. The van der Waals surface area contributed by atoms with Gasteiger partial charge in [-0.2, -0.15) is 0 Å². The molecule has 0 spiro atoms. The van der Waals surface area contributed by atoms with Gasteiger partial charge >= 0.3 is 0 Å². The number of fused-ring (bicyclic) bond motifs is 1. The second-order valence-electron chi connectivity index (χ2n) is 3.84. The van der Waals surface area contributed by atoms with Crippen molar-refractivity contribution < 1.29 is 0 Å². The molecule has 3 nitrogen and oxygen atoms in total. The lowest BCUT2D eigenvalue weighted by Crippen LogP contribution is -2.30. The molecule has 2 heterocycles. The van der Waals surface area contributed by atoms with Gasteiger partial charge in [-0.05, 0) is 42.6 Å². The van der Waals surface area contributed by atoms with Crippen LogP contribution in [0.5, 0.6) is 0 Å². The van der Waals surface area contributed by atoms with Gasteiger partial charge in [0.25, 0.3) is 0 Å². The van der Waals surface area contributed by atoms with E-state index in [-0.39, 0.29) is 0 Å². The van der Waals surface area contributed by atoms with Crippen LogP contribution in [0.2, 0.25) is 5.02 Å². The third-order valence-corrected chi connectivity index (χ3v) is 3.07. The second-order valence-corrected chi connectivity index (χ2v) is 4.28. The number of halogens is 1. The Hall–Kier alpha value is -1.45. The van der Waals surface area contributed by atoms with Crippen LogP contribution in [0.1, 0.15) is 0 Å². The summed E-state index contributed by atoms with van der Waals surface area (Å²) in [7, 11) is 0. The Morgan fingerprint density at radius 2 is 2.06 bits per heavy atom. The highest BCUT2D eigenvalue weighted by Gasteiger charge is 2.28. The van der Waals surface area contributed by atoms with Crippen molar-refractivity contribution in [2.75, 3.05) is 11.6 Å². The zero-order chi connectivity index (χ0) is 11.0. The molecular formula is C12H12ClN3. The largest absolute Gasteiger partial charge is 0.381 e. The molecule has 0 bridgehead atoms. The molecular weight excluding hydrogens is 222 g/mol. The van der Waals surface area contributed by atoms with Crippen LogP contribution in [0, 0.1) is 0 Å². The molecule has 1 saturated heterocycles. The molecule has 2 N–H and O–H groups in total. The molecule has 82 valence electrons. The van der Waals surface area contributed by atoms with Gasteiger partial charge in [0.2, 0.25) is 0 Å². The number of hydrogen-bond donors (Lipinski definition) is 2. The normalized spacial score (nSPS) is 22.7. The molecule has 1 aromatic carbocycles. The maximum absolute atomic E-state index is 5.88. The summed E-state index contributed by atoms with van der Waals surface area (Å²) in [5.74, 6) is 0. The summed E-state index contributed by atoms with van der Waals surface area (Å²) >= 11 is 5.88. The van der Waals surface area contributed by atoms with E-state index in [0.717, 1.165) is 17.3 Å². The number of benzene rings is 1. The van der Waals surface area contributed by atoms with Crippen LogP contribution in [-0.4, -0.2) is 12.6 Å². The average molecular weight is 234 g/mol. The van der Waals surface area contributed by atoms with Crippen LogP contribution < -0.4 is 15.8 Å². The number of nitrogens with one attached hydrogen (secondary N) is 2. The SMILES string of the molecule is Clc1ccc(N2NCC3NC=CC=C32)cc1. The quantitative estimate of drug-likeness (QED) is 0.777. The minimum Gasteiger partial charge on any atom is -0.381 e. The number of anilines is 1. The van der Waals surface area contributed by atoms with Gasteiger partial charge in [0.15, 0.2) is 0 Å².